The van der Waals surface area contributed by atoms with Crippen molar-refractivity contribution in [3.05, 3.63) is 59.3 Å². The molecule has 2 N–H and O–H groups in total. The van der Waals surface area contributed by atoms with Gasteiger partial charge in [0.1, 0.15) is 17.4 Å². The average molecular weight is 525 g/mol. The molecule has 1 atom stereocenters. The van der Waals surface area contributed by atoms with E-state index in [-0.39, 0.29) is 29.8 Å². The Labute approximate surface area is 221 Å². The molecule has 0 unspecified atom stereocenters. The van der Waals surface area contributed by atoms with E-state index in [4.69, 9.17) is 4.74 Å². The predicted molar refractivity (Wildman–Crippen MR) is 141 cm³/mol. The lowest BCUT2D eigenvalue weighted by Gasteiger charge is -2.50. The van der Waals surface area contributed by atoms with Crippen LogP contribution in [0.3, 0.4) is 0 Å². The van der Waals surface area contributed by atoms with Crippen molar-refractivity contribution in [3.63, 3.8) is 0 Å². The number of ether oxygens (including phenoxy) is 1. The van der Waals surface area contributed by atoms with Gasteiger partial charge in [-0.05, 0) is 61.4 Å². The summed E-state index contributed by atoms with van der Waals surface area (Å²) in [4.78, 5) is 17.2. The van der Waals surface area contributed by atoms with Crippen LogP contribution in [-0.2, 0) is 12.5 Å². The number of carbonyl (C=O) groups excluding carboxylic acids is 1. The zero-order chi connectivity index (χ0) is 26.6. The summed E-state index contributed by atoms with van der Waals surface area (Å²) in [5, 5.41) is 14.4. The largest absolute Gasteiger partial charge is 0.497 e. The monoisotopic (exact) mass is 524 g/mol. The van der Waals surface area contributed by atoms with Crippen molar-refractivity contribution in [2.75, 3.05) is 45.2 Å². The molecule has 3 aromatic rings. The Bertz CT molecular complexity index is 1380. The van der Waals surface area contributed by atoms with Crippen LogP contribution in [0.25, 0.3) is 10.9 Å². The first-order valence-electron chi connectivity index (χ1n) is 13.4. The predicted octanol–water partition coefficient (Wildman–Crippen LogP) is 4.79. The fourth-order valence-electron chi connectivity index (χ4n) is 6.62. The third-order valence-corrected chi connectivity index (χ3v) is 8.79. The number of hydrogen-bond donors (Lipinski definition) is 2. The molecule has 2 amide bonds. The first kappa shape index (κ1) is 25.1. The maximum Gasteiger partial charge on any atom is 0.321 e. The first-order chi connectivity index (χ1) is 18.3. The van der Waals surface area contributed by atoms with Crippen molar-refractivity contribution in [2.24, 2.45) is 13.0 Å². The number of fused-ring (bicyclic) bond motifs is 4. The summed E-state index contributed by atoms with van der Waals surface area (Å²) in [6.45, 7) is 2.87. The number of benzene rings is 2. The van der Waals surface area contributed by atoms with Crippen LogP contribution in [0.5, 0.6) is 5.75 Å². The molecule has 1 spiro atoms. The number of likely N-dealkylation sites (tertiary alicyclic amines) is 1. The van der Waals surface area contributed by atoms with Crippen LogP contribution in [0.1, 0.15) is 43.0 Å². The van der Waals surface area contributed by atoms with Gasteiger partial charge in [0, 0.05) is 61.9 Å². The first-order valence-corrected chi connectivity index (χ1v) is 13.4. The van der Waals surface area contributed by atoms with Crippen LogP contribution >= 0.6 is 0 Å². The molecule has 0 radical (unpaired) electrons. The molecule has 2 fully saturated rings. The SMILES string of the molecule is COc1ccc2c3c(n(C)c2c1)[C@@H](CO)N(CC1CC1)CC31CCN(C(=O)Nc2ccc(F)cc2F)CC1. The number of methoxy groups -OCH3 is 1. The second-order valence-electron chi connectivity index (χ2n) is 11.1. The fourth-order valence-corrected chi connectivity index (χ4v) is 6.62. The van der Waals surface area contributed by atoms with Crippen molar-refractivity contribution in [1.29, 1.82) is 0 Å². The number of aryl methyl sites for hydroxylation is 1. The Kier molecular flexibility index (Phi) is 6.31. The number of urea groups is 1. The van der Waals surface area contributed by atoms with Gasteiger partial charge < -0.3 is 24.6 Å². The molecule has 7 nitrogen and oxygen atoms in total. The minimum Gasteiger partial charge on any atom is -0.497 e. The van der Waals surface area contributed by atoms with Gasteiger partial charge in [0.2, 0.25) is 0 Å². The smallest absolute Gasteiger partial charge is 0.321 e. The number of nitrogens with one attached hydrogen (secondary N) is 1. The van der Waals surface area contributed by atoms with E-state index in [1.54, 1.807) is 12.0 Å². The molecule has 9 heteroatoms. The van der Waals surface area contributed by atoms with Crippen LogP contribution in [0.15, 0.2) is 36.4 Å². The van der Waals surface area contributed by atoms with E-state index in [1.165, 1.54) is 29.9 Å². The maximum absolute atomic E-state index is 14.1. The molecular formula is C29H34F2N4O3. The molecule has 2 aromatic carbocycles. The van der Waals surface area contributed by atoms with Crippen molar-refractivity contribution in [3.8, 4) is 5.75 Å². The third-order valence-electron chi connectivity index (χ3n) is 8.79. The van der Waals surface area contributed by atoms with E-state index < -0.39 is 11.6 Å². The molecule has 38 heavy (non-hydrogen) atoms. The van der Waals surface area contributed by atoms with E-state index >= 15 is 0 Å². The minimum atomic E-state index is -0.791. The highest BCUT2D eigenvalue weighted by atomic mass is 19.1. The summed E-state index contributed by atoms with van der Waals surface area (Å²) in [7, 11) is 3.73. The number of aliphatic hydroxyl groups is 1. The van der Waals surface area contributed by atoms with Crippen LogP contribution in [0, 0.1) is 17.6 Å². The molecule has 1 aromatic heterocycles. The number of amides is 2. The van der Waals surface area contributed by atoms with Gasteiger partial charge in [-0.15, -0.1) is 0 Å². The average Bonchev–Trinajstić information content (AvgIpc) is 3.68. The fraction of sp³-hybridized carbons (Fsp3) is 0.483. The van der Waals surface area contributed by atoms with Gasteiger partial charge in [0.05, 0.1) is 31.0 Å². The number of anilines is 1. The molecule has 0 bridgehead atoms. The van der Waals surface area contributed by atoms with Gasteiger partial charge in [-0.2, -0.15) is 0 Å². The third kappa shape index (κ3) is 4.22. The van der Waals surface area contributed by atoms with Crippen LogP contribution in [-0.4, -0.2) is 65.4 Å². The summed E-state index contributed by atoms with van der Waals surface area (Å²) >= 11 is 0. The minimum absolute atomic E-state index is 0.0268. The molecule has 2 aliphatic heterocycles. The number of aliphatic hydroxyl groups excluding tert-OH is 1. The van der Waals surface area contributed by atoms with Crippen molar-refractivity contribution >= 4 is 22.6 Å². The van der Waals surface area contributed by atoms with E-state index in [1.807, 2.05) is 6.07 Å². The number of halogens is 2. The molecule has 202 valence electrons. The van der Waals surface area contributed by atoms with Crippen molar-refractivity contribution in [1.82, 2.24) is 14.4 Å². The summed E-state index contributed by atoms with van der Waals surface area (Å²) in [5.41, 5.74) is 3.29. The molecule has 3 aliphatic rings. The highest BCUT2D eigenvalue weighted by Crippen LogP contribution is 2.51. The Morgan fingerprint density at radius 3 is 2.58 bits per heavy atom. The number of aromatic nitrogens is 1. The highest BCUT2D eigenvalue weighted by molar-refractivity contribution is 5.90. The zero-order valence-corrected chi connectivity index (χ0v) is 21.8. The molecule has 1 saturated heterocycles. The Hall–Kier alpha value is -3.17. The molecule has 6 rings (SSSR count). The van der Waals surface area contributed by atoms with E-state index in [0.29, 0.717) is 19.0 Å². The zero-order valence-electron chi connectivity index (χ0n) is 21.8. The van der Waals surface area contributed by atoms with E-state index in [2.05, 4.69) is 34.0 Å². The van der Waals surface area contributed by atoms with Crippen LogP contribution in [0.2, 0.25) is 0 Å². The number of nitrogens with zero attached hydrogens (tertiary/aromatic N) is 3. The quantitative estimate of drug-likeness (QED) is 0.504. The summed E-state index contributed by atoms with van der Waals surface area (Å²) in [6, 6.07) is 8.85. The lowest BCUT2D eigenvalue weighted by atomic mass is 9.68. The van der Waals surface area contributed by atoms with Gasteiger partial charge in [-0.1, -0.05) is 0 Å². The molecule has 1 aliphatic carbocycles. The summed E-state index contributed by atoms with van der Waals surface area (Å²) in [5.74, 6) is -0.00726. The second-order valence-corrected chi connectivity index (χ2v) is 11.1. The van der Waals surface area contributed by atoms with Gasteiger partial charge in [0.15, 0.2) is 0 Å². The number of carbonyl (C=O) groups is 1. The Morgan fingerprint density at radius 1 is 1.16 bits per heavy atom. The van der Waals surface area contributed by atoms with E-state index in [0.717, 1.165) is 55.0 Å². The standard InChI is InChI=1S/C29H34F2N4O3/c1-33-24-14-20(38-2)6-7-21(24)26-27(33)25(16-36)35(15-18-3-4-18)17-29(26)9-11-34(12-10-29)28(37)32-23-8-5-19(30)13-22(23)31/h5-8,13-14,18,25,36H,3-4,9-12,15-17H2,1-2H3,(H,32,37)/t25-/m1/s1. The molecular weight excluding hydrogens is 490 g/mol. The van der Waals surface area contributed by atoms with Crippen LogP contribution < -0.4 is 10.1 Å². The van der Waals surface area contributed by atoms with Gasteiger partial charge in [-0.25, -0.2) is 13.6 Å². The topological polar surface area (TPSA) is 70.0 Å². The van der Waals surface area contributed by atoms with Crippen molar-refractivity contribution < 1.29 is 23.4 Å². The lowest BCUT2D eigenvalue weighted by Crippen LogP contribution is -2.55. The normalized spacial score (nSPS) is 21.1. The number of piperidine rings is 1. The Morgan fingerprint density at radius 2 is 1.92 bits per heavy atom. The lowest BCUT2D eigenvalue weighted by molar-refractivity contribution is 0.0498. The van der Waals surface area contributed by atoms with Crippen molar-refractivity contribution in [2.45, 2.75) is 37.1 Å². The van der Waals surface area contributed by atoms with Crippen LogP contribution in [0.4, 0.5) is 19.3 Å². The molecule has 3 heterocycles. The molecule has 1 saturated carbocycles. The maximum atomic E-state index is 14.1. The summed E-state index contributed by atoms with van der Waals surface area (Å²) < 4.78 is 35.2. The summed E-state index contributed by atoms with van der Waals surface area (Å²) in [6.07, 6.45) is 3.97. The van der Waals surface area contributed by atoms with Gasteiger partial charge in [-0.3, -0.25) is 4.90 Å². The van der Waals surface area contributed by atoms with Gasteiger partial charge in [0.25, 0.3) is 0 Å². The second kappa shape index (κ2) is 9.54. The number of rotatable bonds is 5. The highest BCUT2D eigenvalue weighted by Gasteiger charge is 2.49. The van der Waals surface area contributed by atoms with E-state index in [9.17, 15) is 18.7 Å². The Balaban J connectivity index is 1.33. The van der Waals surface area contributed by atoms with Gasteiger partial charge >= 0.3 is 6.03 Å². The number of hydrogen-bond acceptors (Lipinski definition) is 4.